The number of anilines is 3. The third kappa shape index (κ3) is 3.02. The molecular weight excluding hydrogens is 190 g/mol. The number of nitrogen functional groups attached to an aromatic ring is 2. The molecule has 0 bridgehead atoms. The second-order valence-electron chi connectivity index (χ2n) is 3.52. The van der Waals surface area contributed by atoms with Gasteiger partial charge < -0.3 is 21.5 Å². The molecule has 0 radical (unpaired) electrons. The van der Waals surface area contributed by atoms with Crippen LogP contribution < -0.4 is 16.4 Å². The Hall–Kier alpha value is -1.42. The van der Waals surface area contributed by atoms with Crippen LogP contribution in [0.25, 0.3) is 0 Å². The van der Waals surface area contributed by atoms with Crippen LogP contribution in [-0.4, -0.2) is 24.8 Å². The molecule has 0 aromatic heterocycles. The number of hydrogen-bond acceptors (Lipinski definition) is 4. The van der Waals surface area contributed by atoms with E-state index in [0.717, 1.165) is 18.7 Å². The van der Waals surface area contributed by atoms with Gasteiger partial charge in [-0.3, -0.25) is 0 Å². The lowest BCUT2D eigenvalue weighted by Crippen LogP contribution is -2.27. The number of nitrogens with two attached hydrogens (primary N) is 2. The maximum atomic E-state index is 8.95. The summed E-state index contributed by atoms with van der Waals surface area (Å²) in [6.45, 7) is 3.77. The highest BCUT2D eigenvalue weighted by molar-refractivity contribution is 5.69. The van der Waals surface area contributed by atoms with Crippen molar-refractivity contribution in [2.45, 2.75) is 13.3 Å². The van der Waals surface area contributed by atoms with Crippen LogP contribution in [0.4, 0.5) is 17.1 Å². The van der Waals surface area contributed by atoms with Crippen LogP contribution >= 0.6 is 0 Å². The Balaban J connectivity index is 2.85. The van der Waals surface area contributed by atoms with Crippen molar-refractivity contribution in [3.63, 3.8) is 0 Å². The summed E-state index contributed by atoms with van der Waals surface area (Å²) in [5, 5.41) is 8.95. The minimum Gasteiger partial charge on any atom is -0.397 e. The molecule has 4 heteroatoms. The van der Waals surface area contributed by atoms with E-state index in [2.05, 4.69) is 11.8 Å². The minimum absolute atomic E-state index is 0.143. The third-order valence-electron chi connectivity index (χ3n) is 2.30. The summed E-state index contributed by atoms with van der Waals surface area (Å²) in [7, 11) is 0. The molecule has 15 heavy (non-hydrogen) atoms. The quantitative estimate of drug-likeness (QED) is 0.634. The van der Waals surface area contributed by atoms with Crippen LogP contribution in [0.15, 0.2) is 18.2 Å². The fourth-order valence-corrected chi connectivity index (χ4v) is 1.52. The van der Waals surface area contributed by atoms with E-state index in [4.69, 9.17) is 16.6 Å². The average Bonchev–Trinajstić information content (AvgIpc) is 2.22. The molecule has 1 rings (SSSR count). The van der Waals surface area contributed by atoms with Gasteiger partial charge >= 0.3 is 0 Å². The van der Waals surface area contributed by atoms with Gasteiger partial charge in [-0.15, -0.1) is 0 Å². The molecule has 84 valence electrons. The second kappa shape index (κ2) is 5.46. The number of aliphatic hydroxyl groups is 1. The summed E-state index contributed by atoms with van der Waals surface area (Å²) < 4.78 is 0. The van der Waals surface area contributed by atoms with Crippen molar-refractivity contribution in [3.8, 4) is 0 Å². The van der Waals surface area contributed by atoms with Gasteiger partial charge in [0.15, 0.2) is 0 Å². The van der Waals surface area contributed by atoms with Crippen molar-refractivity contribution >= 4 is 17.1 Å². The fourth-order valence-electron chi connectivity index (χ4n) is 1.52. The van der Waals surface area contributed by atoms with Crippen LogP contribution in [0.1, 0.15) is 13.3 Å². The van der Waals surface area contributed by atoms with Gasteiger partial charge in [-0.25, -0.2) is 0 Å². The lowest BCUT2D eigenvalue weighted by Gasteiger charge is -2.23. The predicted molar refractivity (Wildman–Crippen MR) is 64.9 cm³/mol. The third-order valence-corrected chi connectivity index (χ3v) is 2.30. The first-order chi connectivity index (χ1) is 7.19. The number of nitrogens with zero attached hydrogens (tertiary/aromatic N) is 1. The van der Waals surface area contributed by atoms with E-state index >= 15 is 0 Å². The lowest BCUT2D eigenvalue weighted by atomic mass is 10.2. The predicted octanol–water partition coefficient (Wildman–Crippen LogP) is 1.06. The minimum atomic E-state index is 0.143. The van der Waals surface area contributed by atoms with E-state index < -0.39 is 0 Å². The maximum Gasteiger partial charge on any atom is 0.0606 e. The summed E-state index contributed by atoms with van der Waals surface area (Å²) in [5.41, 5.74) is 13.6. The highest BCUT2D eigenvalue weighted by atomic mass is 16.3. The first-order valence-electron chi connectivity index (χ1n) is 5.19. The zero-order chi connectivity index (χ0) is 11.3. The molecule has 1 aromatic rings. The Morgan fingerprint density at radius 3 is 2.47 bits per heavy atom. The molecule has 4 nitrogen and oxygen atoms in total. The monoisotopic (exact) mass is 209 g/mol. The average molecular weight is 209 g/mol. The molecule has 0 unspecified atom stereocenters. The second-order valence-corrected chi connectivity index (χ2v) is 3.52. The SMILES string of the molecule is CCCN(CCO)c1ccc(N)c(N)c1. The lowest BCUT2D eigenvalue weighted by molar-refractivity contribution is 0.302. The topological polar surface area (TPSA) is 75.5 Å². The van der Waals surface area contributed by atoms with Crippen molar-refractivity contribution in [1.29, 1.82) is 0 Å². The van der Waals surface area contributed by atoms with E-state index in [-0.39, 0.29) is 6.61 Å². The van der Waals surface area contributed by atoms with Crippen LogP contribution in [-0.2, 0) is 0 Å². The number of rotatable bonds is 5. The van der Waals surface area contributed by atoms with Gasteiger partial charge in [0, 0.05) is 18.8 Å². The highest BCUT2D eigenvalue weighted by Gasteiger charge is 2.05. The molecular formula is C11H19N3O. The van der Waals surface area contributed by atoms with Crippen molar-refractivity contribution in [2.24, 2.45) is 0 Å². The number of aliphatic hydroxyl groups excluding tert-OH is 1. The Morgan fingerprint density at radius 2 is 1.93 bits per heavy atom. The van der Waals surface area contributed by atoms with Gasteiger partial charge in [0.2, 0.25) is 0 Å². The molecule has 0 aliphatic carbocycles. The molecule has 0 spiro atoms. The van der Waals surface area contributed by atoms with Gasteiger partial charge in [0.05, 0.1) is 18.0 Å². The Kier molecular flexibility index (Phi) is 4.24. The molecule has 0 aliphatic rings. The molecule has 5 N–H and O–H groups in total. The largest absolute Gasteiger partial charge is 0.397 e. The summed E-state index contributed by atoms with van der Waals surface area (Å²) in [4.78, 5) is 2.09. The van der Waals surface area contributed by atoms with Crippen molar-refractivity contribution < 1.29 is 5.11 Å². The smallest absolute Gasteiger partial charge is 0.0606 e. The van der Waals surface area contributed by atoms with Crippen LogP contribution in [0.2, 0.25) is 0 Å². The van der Waals surface area contributed by atoms with Crippen molar-refractivity contribution in [2.75, 3.05) is 36.1 Å². The van der Waals surface area contributed by atoms with Crippen molar-refractivity contribution in [1.82, 2.24) is 0 Å². The van der Waals surface area contributed by atoms with Crippen LogP contribution in [0.3, 0.4) is 0 Å². The fraction of sp³-hybridized carbons (Fsp3) is 0.455. The van der Waals surface area contributed by atoms with Gasteiger partial charge in [-0.2, -0.15) is 0 Å². The molecule has 1 aromatic carbocycles. The molecule has 0 saturated heterocycles. The number of benzene rings is 1. The summed E-state index contributed by atoms with van der Waals surface area (Å²) in [6.07, 6.45) is 1.03. The summed E-state index contributed by atoms with van der Waals surface area (Å²) >= 11 is 0. The van der Waals surface area contributed by atoms with Gasteiger partial charge in [0.1, 0.15) is 0 Å². The normalized spacial score (nSPS) is 10.3. The standard InChI is InChI=1S/C11H19N3O/c1-2-5-14(6-7-15)9-3-4-10(12)11(13)8-9/h3-4,8,15H,2,5-7,12-13H2,1H3. The Morgan fingerprint density at radius 1 is 1.20 bits per heavy atom. The van der Waals surface area contributed by atoms with E-state index in [1.807, 2.05) is 12.1 Å². The molecule has 0 saturated carbocycles. The molecule has 0 fully saturated rings. The van der Waals surface area contributed by atoms with E-state index in [1.54, 1.807) is 6.07 Å². The molecule has 0 atom stereocenters. The summed E-state index contributed by atoms with van der Waals surface area (Å²) in [6, 6.07) is 5.57. The number of hydrogen-bond donors (Lipinski definition) is 3. The molecule has 0 aliphatic heterocycles. The maximum absolute atomic E-state index is 8.95. The van der Waals surface area contributed by atoms with Gasteiger partial charge in [-0.1, -0.05) is 6.92 Å². The zero-order valence-electron chi connectivity index (χ0n) is 9.11. The Bertz CT molecular complexity index is 309. The first kappa shape index (κ1) is 11.7. The summed E-state index contributed by atoms with van der Waals surface area (Å²) in [5.74, 6) is 0. The van der Waals surface area contributed by atoms with Gasteiger partial charge in [-0.05, 0) is 24.6 Å². The molecule has 0 amide bonds. The van der Waals surface area contributed by atoms with Gasteiger partial charge in [0.25, 0.3) is 0 Å². The van der Waals surface area contributed by atoms with E-state index in [1.165, 1.54) is 0 Å². The van der Waals surface area contributed by atoms with E-state index in [0.29, 0.717) is 17.9 Å². The Labute approximate surface area is 90.5 Å². The van der Waals surface area contributed by atoms with E-state index in [9.17, 15) is 0 Å². The zero-order valence-corrected chi connectivity index (χ0v) is 9.11. The molecule has 0 heterocycles. The first-order valence-corrected chi connectivity index (χ1v) is 5.19. The van der Waals surface area contributed by atoms with Crippen molar-refractivity contribution in [3.05, 3.63) is 18.2 Å². The van der Waals surface area contributed by atoms with Crippen LogP contribution in [0, 0.1) is 0 Å². The highest BCUT2D eigenvalue weighted by Crippen LogP contribution is 2.22. The van der Waals surface area contributed by atoms with Crippen LogP contribution in [0.5, 0.6) is 0 Å².